The van der Waals surface area contributed by atoms with Crippen molar-refractivity contribution >= 4 is 11.5 Å². The Morgan fingerprint density at radius 2 is 2.14 bits per heavy atom. The summed E-state index contributed by atoms with van der Waals surface area (Å²) in [5.41, 5.74) is 0.904. The van der Waals surface area contributed by atoms with Gasteiger partial charge in [-0.1, -0.05) is 0 Å². The zero-order valence-electron chi connectivity index (χ0n) is 12.4. The molecule has 2 saturated heterocycles. The fourth-order valence-corrected chi connectivity index (χ4v) is 3.06. The van der Waals surface area contributed by atoms with E-state index in [4.69, 9.17) is 4.74 Å². The second-order valence-corrected chi connectivity index (χ2v) is 6.26. The van der Waals surface area contributed by atoms with E-state index in [0.717, 1.165) is 38.5 Å². The predicted molar refractivity (Wildman–Crippen MR) is 78.5 cm³/mol. The summed E-state index contributed by atoms with van der Waals surface area (Å²) in [5.74, 6) is -0.109. The number of nitro groups is 1. The quantitative estimate of drug-likeness (QED) is 0.617. The van der Waals surface area contributed by atoms with Gasteiger partial charge < -0.3 is 19.8 Å². The van der Waals surface area contributed by atoms with Crippen LogP contribution >= 0.6 is 0 Å². The van der Waals surface area contributed by atoms with Crippen LogP contribution in [0, 0.1) is 10.1 Å². The molecular weight excluding hydrogens is 272 g/mol. The number of hydrogen-bond donors (Lipinski definition) is 0. The van der Waals surface area contributed by atoms with Crippen LogP contribution in [0.25, 0.3) is 0 Å². The predicted octanol–water partition coefficient (Wildman–Crippen LogP) is 1.29. The van der Waals surface area contributed by atoms with Crippen molar-refractivity contribution in [2.45, 2.75) is 25.4 Å². The van der Waals surface area contributed by atoms with Crippen LogP contribution in [0.4, 0.5) is 11.5 Å². The molecule has 0 unspecified atom stereocenters. The minimum absolute atomic E-state index is 0.0361. The fraction of sp³-hybridized carbons (Fsp3) is 0.643. The largest absolute Gasteiger partial charge is 0.378 e. The van der Waals surface area contributed by atoms with Gasteiger partial charge in [-0.15, -0.1) is 0 Å². The van der Waals surface area contributed by atoms with E-state index in [2.05, 4.69) is 28.6 Å². The molecular formula is C14H20N4O3. The van der Waals surface area contributed by atoms with Crippen molar-refractivity contribution in [3.8, 4) is 0 Å². The Labute approximate surface area is 123 Å². The van der Waals surface area contributed by atoms with Crippen LogP contribution in [0.15, 0.2) is 18.3 Å². The number of rotatable bonds is 3. The molecule has 0 bridgehead atoms. The Hall–Kier alpha value is -1.73. The Balaban J connectivity index is 1.74. The topological polar surface area (TPSA) is 71.7 Å². The van der Waals surface area contributed by atoms with Gasteiger partial charge in [-0.25, -0.2) is 0 Å². The first-order valence-electron chi connectivity index (χ1n) is 7.17. The van der Waals surface area contributed by atoms with Crippen molar-refractivity contribution in [3.05, 3.63) is 28.4 Å². The van der Waals surface area contributed by atoms with Crippen molar-refractivity contribution in [1.82, 2.24) is 9.88 Å². The van der Waals surface area contributed by atoms with Crippen molar-refractivity contribution in [1.29, 1.82) is 0 Å². The maximum Gasteiger partial charge on any atom is 0.363 e. The van der Waals surface area contributed by atoms with Crippen LogP contribution < -0.4 is 4.90 Å². The van der Waals surface area contributed by atoms with Crippen LogP contribution in [-0.2, 0) is 4.74 Å². The van der Waals surface area contributed by atoms with E-state index >= 15 is 0 Å². The minimum atomic E-state index is -0.469. The summed E-state index contributed by atoms with van der Waals surface area (Å²) in [7, 11) is 0. The maximum atomic E-state index is 10.7. The number of piperazine rings is 1. The number of ether oxygens (including phenoxy) is 1. The normalized spacial score (nSPS) is 22.9. The monoisotopic (exact) mass is 292 g/mol. The van der Waals surface area contributed by atoms with Crippen LogP contribution in [0.5, 0.6) is 0 Å². The molecule has 21 heavy (non-hydrogen) atoms. The lowest BCUT2D eigenvalue weighted by molar-refractivity contribution is -0.389. The third-order valence-electron chi connectivity index (χ3n) is 4.30. The summed E-state index contributed by atoms with van der Waals surface area (Å²) >= 11 is 0. The smallest absolute Gasteiger partial charge is 0.363 e. The standard InChI is InChI=1S/C14H20N4O3/c1-14(2)10-16(12-8-21-9-12)5-6-17(14)11-3-4-13(15-7-11)18(19)20/h3-4,7,12H,5-6,8-10H2,1-2H3. The second kappa shape index (κ2) is 5.23. The molecule has 2 aliphatic heterocycles. The first kappa shape index (κ1) is 14.2. The van der Waals surface area contributed by atoms with Crippen LogP contribution in [0.3, 0.4) is 0 Å². The van der Waals surface area contributed by atoms with Crippen molar-refractivity contribution < 1.29 is 9.66 Å². The Morgan fingerprint density at radius 1 is 1.38 bits per heavy atom. The second-order valence-electron chi connectivity index (χ2n) is 6.26. The Morgan fingerprint density at radius 3 is 2.62 bits per heavy atom. The lowest BCUT2D eigenvalue weighted by atomic mass is 9.96. The molecule has 0 aliphatic carbocycles. The third kappa shape index (κ3) is 2.71. The molecule has 2 fully saturated rings. The molecule has 1 aromatic rings. The molecule has 0 atom stereocenters. The van der Waals surface area contributed by atoms with Crippen molar-refractivity contribution in [3.63, 3.8) is 0 Å². The van der Waals surface area contributed by atoms with E-state index in [-0.39, 0.29) is 11.4 Å². The van der Waals surface area contributed by atoms with Gasteiger partial charge in [0, 0.05) is 31.2 Å². The van der Waals surface area contributed by atoms with Crippen LogP contribution in [0.1, 0.15) is 13.8 Å². The number of anilines is 1. The lowest BCUT2D eigenvalue weighted by Crippen LogP contribution is -2.64. The number of aromatic nitrogens is 1. The minimum Gasteiger partial charge on any atom is -0.378 e. The molecule has 7 nitrogen and oxygen atoms in total. The Bertz CT molecular complexity index is 528. The van der Waals surface area contributed by atoms with Gasteiger partial charge >= 0.3 is 5.82 Å². The van der Waals surface area contributed by atoms with Gasteiger partial charge in [-0.05, 0) is 29.8 Å². The summed E-state index contributed by atoms with van der Waals surface area (Å²) in [5, 5.41) is 10.7. The SMILES string of the molecule is CC1(C)CN(C2COC2)CCN1c1ccc([N+](=O)[O-])nc1. The van der Waals surface area contributed by atoms with Gasteiger partial charge in [-0.3, -0.25) is 4.90 Å². The third-order valence-corrected chi connectivity index (χ3v) is 4.30. The molecule has 1 aromatic heterocycles. The summed E-state index contributed by atoms with van der Waals surface area (Å²) in [6.07, 6.45) is 1.60. The highest BCUT2D eigenvalue weighted by Gasteiger charge is 2.38. The summed E-state index contributed by atoms with van der Waals surface area (Å²) in [6, 6.07) is 3.80. The van der Waals surface area contributed by atoms with E-state index < -0.39 is 4.92 Å². The number of nitrogens with zero attached hydrogens (tertiary/aromatic N) is 4. The van der Waals surface area contributed by atoms with E-state index in [1.807, 2.05) is 0 Å². The van der Waals surface area contributed by atoms with E-state index in [1.165, 1.54) is 6.07 Å². The zero-order valence-corrected chi connectivity index (χ0v) is 12.4. The van der Waals surface area contributed by atoms with Crippen molar-refractivity contribution in [2.24, 2.45) is 0 Å². The summed E-state index contributed by atoms with van der Waals surface area (Å²) in [4.78, 5) is 18.9. The van der Waals surface area contributed by atoms with Gasteiger partial charge in [0.1, 0.15) is 0 Å². The van der Waals surface area contributed by atoms with E-state index in [1.54, 1.807) is 12.3 Å². The molecule has 2 aliphatic rings. The Kier molecular flexibility index (Phi) is 3.54. The molecule has 114 valence electrons. The van der Waals surface area contributed by atoms with E-state index in [9.17, 15) is 10.1 Å². The molecule has 3 heterocycles. The molecule has 0 N–H and O–H groups in total. The highest BCUT2D eigenvalue weighted by Crippen LogP contribution is 2.30. The molecule has 0 aromatic carbocycles. The van der Waals surface area contributed by atoms with Gasteiger partial charge in [0.25, 0.3) is 0 Å². The van der Waals surface area contributed by atoms with Crippen molar-refractivity contribution in [2.75, 3.05) is 37.7 Å². The highest BCUT2D eigenvalue weighted by molar-refractivity contribution is 5.49. The van der Waals surface area contributed by atoms with Gasteiger partial charge in [0.2, 0.25) is 0 Å². The lowest BCUT2D eigenvalue weighted by Gasteiger charge is -2.51. The molecule has 0 amide bonds. The van der Waals surface area contributed by atoms with E-state index in [0.29, 0.717) is 6.04 Å². The first-order valence-corrected chi connectivity index (χ1v) is 7.17. The molecule has 0 spiro atoms. The van der Waals surface area contributed by atoms with Gasteiger partial charge in [-0.2, -0.15) is 0 Å². The maximum absolute atomic E-state index is 10.7. The first-order chi connectivity index (χ1) is 9.97. The molecule has 0 radical (unpaired) electrons. The van der Waals surface area contributed by atoms with Gasteiger partial charge in [0.05, 0.1) is 24.9 Å². The molecule has 0 saturated carbocycles. The average Bonchev–Trinajstić information content (AvgIpc) is 2.36. The highest BCUT2D eigenvalue weighted by atomic mass is 16.6. The number of pyridine rings is 1. The summed E-state index contributed by atoms with van der Waals surface area (Å²) < 4.78 is 5.27. The van der Waals surface area contributed by atoms with Crippen LogP contribution in [0.2, 0.25) is 0 Å². The fourth-order valence-electron chi connectivity index (χ4n) is 3.06. The summed E-state index contributed by atoms with van der Waals surface area (Å²) in [6.45, 7) is 8.87. The zero-order chi connectivity index (χ0) is 15.0. The molecule has 3 rings (SSSR count). The average molecular weight is 292 g/mol. The molecule has 7 heteroatoms. The number of hydrogen-bond acceptors (Lipinski definition) is 6. The van der Waals surface area contributed by atoms with Crippen LogP contribution in [-0.4, -0.2) is 59.2 Å². The van der Waals surface area contributed by atoms with Gasteiger partial charge in [0.15, 0.2) is 6.20 Å².